The molecule has 0 spiro atoms. The molecule has 0 unspecified atom stereocenters. The number of benzene rings is 2. The normalized spacial score (nSPS) is 10.4. The number of carbonyl (C=O) groups excluding carboxylic acids is 1. The van der Waals surface area contributed by atoms with Crippen molar-refractivity contribution in [2.24, 2.45) is 0 Å². The van der Waals surface area contributed by atoms with Gasteiger partial charge in [0.15, 0.2) is 6.61 Å². The van der Waals surface area contributed by atoms with Gasteiger partial charge in [-0.3, -0.25) is 0 Å². The Hall–Kier alpha value is -3.35. The van der Waals surface area contributed by atoms with Gasteiger partial charge in [-0.2, -0.15) is 0 Å². The van der Waals surface area contributed by atoms with Crippen molar-refractivity contribution in [2.75, 3.05) is 7.11 Å². The van der Waals surface area contributed by atoms with Gasteiger partial charge in [0.2, 0.25) is 5.89 Å². The highest BCUT2D eigenvalue weighted by molar-refractivity contribution is 5.92. The lowest BCUT2D eigenvalue weighted by Crippen LogP contribution is -2.06. The molecule has 0 aliphatic rings. The highest BCUT2D eigenvalue weighted by Gasteiger charge is 2.16. The van der Waals surface area contributed by atoms with E-state index in [1.54, 1.807) is 0 Å². The third-order valence-corrected chi connectivity index (χ3v) is 3.24. The second kappa shape index (κ2) is 6.82. The second-order valence-electron chi connectivity index (χ2n) is 4.83. The molecule has 122 valence electrons. The Morgan fingerprint density at radius 2 is 1.96 bits per heavy atom. The molecule has 0 atom stereocenters. The first-order valence-corrected chi connectivity index (χ1v) is 7.09. The summed E-state index contributed by atoms with van der Waals surface area (Å²) < 4.78 is 15.6. The maximum atomic E-state index is 12.1. The molecular weight excluding hydrogens is 312 g/mol. The number of nitrogens with zero attached hydrogens (tertiary/aromatic N) is 2. The van der Waals surface area contributed by atoms with Crippen LogP contribution < -0.4 is 4.74 Å². The predicted molar refractivity (Wildman–Crippen MR) is 83.5 cm³/mol. The lowest BCUT2D eigenvalue weighted by atomic mass is 10.2. The summed E-state index contributed by atoms with van der Waals surface area (Å²) in [6, 6.07) is 13.5. The molecular formula is C17H14N2O5. The molecule has 1 aromatic heterocycles. The van der Waals surface area contributed by atoms with E-state index in [0.717, 1.165) is 5.56 Å². The molecule has 1 heterocycles. The van der Waals surface area contributed by atoms with Gasteiger partial charge in [-0.15, -0.1) is 10.2 Å². The first kappa shape index (κ1) is 15.5. The smallest absolute Gasteiger partial charge is 0.342 e. The monoisotopic (exact) mass is 326 g/mol. The van der Waals surface area contributed by atoms with E-state index in [4.69, 9.17) is 13.9 Å². The Morgan fingerprint density at radius 3 is 2.71 bits per heavy atom. The third kappa shape index (κ3) is 3.35. The summed E-state index contributed by atoms with van der Waals surface area (Å²) in [6.07, 6.45) is 0. The first-order valence-electron chi connectivity index (χ1n) is 7.09. The number of aromatic nitrogens is 2. The van der Waals surface area contributed by atoms with Crippen molar-refractivity contribution in [3.63, 3.8) is 0 Å². The topological polar surface area (TPSA) is 94.7 Å². The van der Waals surface area contributed by atoms with E-state index in [1.165, 1.54) is 25.3 Å². The van der Waals surface area contributed by atoms with E-state index in [2.05, 4.69) is 10.2 Å². The van der Waals surface area contributed by atoms with Gasteiger partial charge in [-0.25, -0.2) is 4.79 Å². The second-order valence-corrected chi connectivity index (χ2v) is 4.83. The van der Waals surface area contributed by atoms with Gasteiger partial charge in [0.25, 0.3) is 5.89 Å². The van der Waals surface area contributed by atoms with Gasteiger partial charge in [-0.05, 0) is 30.3 Å². The van der Waals surface area contributed by atoms with Gasteiger partial charge in [0, 0.05) is 5.56 Å². The molecule has 3 rings (SSSR count). The fraction of sp³-hybridized carbons (Fsp3) is 0.118. The minimum atomic E-state index is -0.717. The molecule has 1 N–H and O–H groups in total. The number of ether oxygens (including phenoxy) is 2. The number of methoxy groups -OCH3 is 1. The average molecular weight is 326 g/mol. The quantitative estimate of drug-likeness (QED) is 0.720. The zero-order chi connectivity index (χ0) is 16.9. The average Bonchev–Trinajstić information content (AvgIpc) is 3.10. The van der Waals surface area contributed by atoms with Crippen LogP contribution in [0.5, 0.6) is 11.5 Å². The number of rotatable bonds is 5. The van der Waals surface area contributed by atoms with Crippen molar-refractivity contribution in [1.82, 2.24) is 10.2 Å². The van der Waals surface area contributed by atoms with Crippen LogP contribution >= 0.6 is 0 Å². The van der Waals surface area contributed by atoms with Crippen molar-refractivity contribution in [3.8, 4) is 23.0 Å². The van der Waals surface area contributed by atoms with Crippen molar-refractivity contribution >= 4 is 5.97 Å². The van der Waals surface area contributed by atoms with Crippen LogP contribution in [0.15, 0.2) is 52.9 Å². The molecule has 3 aromatic rings. The molecule has 0 radical (unpaired) electrons. The summed E-state index contributed by atoms with van der Waals surface area (Å²) in [5.74, 6) is 0.0153. The van der Waals surface area contributed by atoms with Crippen molar-refractivity contribution in [2.45, 2.75) is 6.61 Å². The van der Waals surface area contributed by atoms with E-state index in [-0.39, 0.29) is 23.8 Å². The Morgan fingerprint density at radius 1 is 1.17 bits per heavy atom. The summed E-state index contributed by atoms with van der Waals surface area (Å²) in [6.45, 7) is -0.199. The Kier molecular flexibility index (Phi) is 4.42. The summed E-state index contributed by atoms with van der Waals surface area (Å²) in [7, 11) is 1.46. The fourth-order valence-corrected chi connectivity index (χ4v) is 2.02. The fourth-order valence-electron chi connectivity index (χ4n) is 2.02. The molecule has 0 bridgehead atoms. The number of phenolic OH excluding ortho intramolecular Hbond substituents is 1. The molecule has 0 saturated heterocycles. The van der Waals surface area contributed by atoms with Gasteiger partial charge in [0.05, 0.1) is 7.11 Å². The first-order chi connectivity index (χ1) is 11.7. The van der Waals surface area contributed by atoms with E-state index < -0.39 is 5.97 Å². The number of hydrogen-bond acceptors (Lipinski definition) is 7. The Bertz CT molecular complexity index is 845. The molecule has 0 aliphatic heterocycles. The van der Waals surface area contributed by atoms with Crippen LogP contribution in [-0.2, 0) is 11.3 Å². The molecule has 0 aliphatic carbocycles. The molecule has 0 fully saturated rings. The molecule has 0 amide bonds. The molecule has 7 nitrogen and oxygen atoms in total. The molecule has 7 heteroatoms. The SMILES string of the molecule is COc1ccc(O)c(C(=O)OCc2nnc(-c3ccccc3)o2)c1. The standard InChI is InChI=1S/C17H14N2O5/c1-22-12-7-8-14(20)13(9-12)17(21)23-10-15-18-19-16(24-15)11-5-3-2-4-6-11/h2-9,20H,10H2,1H3. The van der Waals surface area contributed by atoms with E-state index in [0.29, 0.717) is 11.6 Å². The van der Waals surface area contributed by atoms with Crippen LogP contribution in [0.2, 0.25) is 0 Å². The molecule has 24 heavy (non-hydrogen) atoms. The lowest BCUT2D eigenvalue weighted by Gasteiger charge is -2.06. The summed E-state index contributed by atoms with van der Waals surface area (Å²) >= 11 is 0. The Balaban J connectivity index is 1.68. The minimum Gasteiger partial charge on any atom is -0.507 e. The van der Waals surface area contributed by atoms with Gasteiger partial charge < -0.3 is 19.0 Å². The number of hydrogen-bond donors (Lipinski definition) is 1. The largest absolute Gasteiger partial charge is 0.507 e. The molecule has 0 saturated carbocycles. The lowest BCUT2D eigenvalue weighted by molar-refractivity contribution is 0.0435. The summed E-state index contributed by atoms with van der Waals surface area (Å²) in [5, 5.41) is 17.5. The van der Waals surface area contributed by atoms with Crippen molar-refractivity contribution in [1.29, 1.82) is 0 Å². The van der Waals surface area contributed by atoms with E-state index in [1.807, 2.05) is 30.3 Å². The number of phenols is 1. The van der Waals surface area contributed by atoms with Crippen LogP contribution in [0.3, 0.4) is 0 Å². The number of carbonyl (C=O) groups is 1. The third-order valence-electron chi connectivity index (χ3n) is 3.24. The highest BCUT2D eigenvalue weighted by Crippen LogP contribution is 2.24. The van der Waals surface area contributed by atoms with Crippen LogP contribution in [-0.4, -0.2) is 28.4 Å². The van der Waals surface area contributed by atoms with Crippen LogP contribution in [0.25, 0.3) is 11.5 Å². The minimum absolute atomic E-state index is 0.00264. The maximum Gasteiger partial charge on any atom is 0.342 e. The predicted octanol–water partition coefficient (Wildman–Crippen LogP) is 2.81. The Labute approximate surface area is 137 Å². The summed E-state index contributed by atoms with van der Waals surface area (Å²) in [5.41, 5.74) is 0.769. The van der Waals surface area contributed by atoms with Crippen molar-refractivity contribution in [3.05, 3.63) is 60.0 Å². The van der Waals surface area contributed by atoms with Crippen LogP contribution in [0.4, 0.5) is 0 Å². The highest BCUT2D eigenvalue weighted by atomic mass is 16.5. The van der Waals surface area contributed by atoms with Gasteiger partial charge in [-0.1, -0.05) is 18.2 Å². The molecule has 2 aromatic carbocycles. The van der Waals surface area contributed by atoms with Crippen LogP contribution in [0, 0.1) is 0 Å². The zero-order valence-corrected chi connectivity index (χ0v) is 12.8. The van der Waals surface area contributed by atoms with Gasteiger partial charge in [0.1, 0.15) is 17.1 Å². The summed E-state index contributed by atoms with van der Waals surface area (Å²) in [4.78, 5) is 12.1. The number of esters is 1. The van der Waals surface area contributed by atoms with Crippen molar-refractivity contribution < 1.29 is 23.8 Å². The maximum absolute atomic E-state index is 12.1. The van der Waals surface area contributed by atoms with Gasteiger partial charge >= 0.3 is 5.97 Å². The zero-order valence-electron chi connectivity index (χ0n) is 12.8. The number of aromatic hydroxyl groups is 1. The van der Waals surface area contributed by atoms with E-state index >= 15 is 0 Å². The van der Waals surface area contributed by atoms with E-state index in [9.17, 15) is 9.90 Å². The van der Waals surface area contributed by atoms with Crippen LogP contribution in [0.1, 0.15) is 16.2 Å².